The Bertz CT molecular complexity index is 976. The van der Waals surface area contributed by atoms with Gasteiger partial charge in [-0.15, -0.1) is 0 Å². The van der Waals surface area contributed by atoms with Crippen LogP contribution in [0.3, 0.4) is 0 Å². The molecule has 192 valence electrons. The predicted molar refractivity (Wildman–Crippen MR) is 138 cm³/mol. The molecule has 0 unspecified atom stereocenters. The van der Waals surface area contributed by atoms with E-state index in [1.165, 1.54) is 0 Å². The second-order valence-corrected chi connectivity index (χ2v) is 10.7. The van der Waals surface area contributed by atoms with Gasteiger partial charge in [-0.1, -0.05) is 39.8 Å². The fourth-order valence-electron chi connectivity index (χ4n) is 5.00. The molecule has 1 N–H and O–H groups in total. The summed E-state index contributed by atoms with van der Waals surface area (Å²) in [4.78, 5) is 29.9. The Hall–Kier alpha value is -2.83. The Morgan fingerprint density at radius 2 is 1.83 bits per heavy atom. The molecule has 2 aromatic rings. The molecule has 1 fully saturated rings. The monoisotopic (exact) mass is 482 g/mol. The molecule has 0 radical (unpaired) electrons. The van der Waals surface area contributed by atoms with Crippen LogP contribution < -0.4 is 4.74 Å². The molecule has 1 aromatic heterocycles. The quantitative estimate of drug-likeness (QED) is 0.537. The van der Waals surface area contributed by atoms with Crippen LogP contribution in [0.15, 0.2) is 30.3 Å². The van der Waals surface area contributed by atoms with E-state index in [4.69, 9.17) is 4.74 Å². The van der Waals surface area contributed by atoms with E-state index in [1.807, 2.05) is 35.0 Å². The first-order valence-corrected chi connectivity index (χ1v) is 12.9. The van der Waals surface area contributed by atoms with Crippen molar-refractivity contribution in [3.63, 3.8) is 0 Å². The SMILES string of the molecule is COc1cccc(C[C@H](C2CCN(C(=O)c3cc(CC(C)C)[nH]n3)CC2)N(C)C(=O)CC(C)C)c1. The van der Waals surface area contributed by atoms with Crippen molar-refractivity contribution in [1.82, 2.24) is 20.0 Å². The molecule has 1 saturated heterocycles. The van der Waals surface area contributed by atoms with Crippen LogP contribution >= 0.6 is 0 Å². The van der Waals surface area contributed by atoms with Crippen LogP contribution in [0, 0.1) is 17.8 Å². The van der Waals surface area contributed by atoms with Crippen LogP contribution in [0.2, 0.25) is 0 Å². The summed E-state index contributed by atoms with van der Waals surface area (Å²) in [6.45, 7) is 9.81. The van der Waals surface area contributed by atoms with Crippen LogP contribution in [-0.2, 0) is 17.6 Å². The van der Waals surface area contributed by atoms with Crippen LogP contribution in [0.4, 0.5) is 0 Å². The maximum atomic E-state index is 13.1. The van der Waals surface area contributed by atoms with Gasteiger partial charge in [0, 0.05) is 38.3 Å². The fourth-order valence-corrected chi connectivity index (χ4v) is 5.00. The minimum atomic E-state index is -0.0108. The topological polar surface area (TPSA) is 78.5 Å². The molecule has 2 heterocycles. The lowest BCUT2D eigenvalue weighted by molar-refractivity contribution is -0.134. The number of nitrogens with zero attached hydrogens (tertiary/aromatic N) is 3. The standard InChI is InChI=1S/C28H42N4O3/c1-19(2)14-23-18-25(30-29-23)28(34)32-12-10-22(11-13-32)26(31(5)27(33)15-20(3)4)17-21-8-7-9-24(16-21)35-6/h7-9,16,18-20,22,26H,10-15,17H2,1-6H3,(H,29,30)/t26-/m1/s1. The summed E-state index contributed by atoms with van der Waals surface area (Å²) in [6.07, 6.45) is 3.92. The van der Waals surface area contributed by atoms with Gasteiger partial charge in [-0.05, 0) is 67.2 Å². The van der Waals surface area contributed by atoms with Crippen molar-refractivity contribution in [1.29, 1.82) is 0 Å². The van der Waals surface area contributed by atoms with E-state index < -0.39 is 0 Å². The van der Waals surface area contributed by atoms with Crippen molar-refractivity contribution in [2.24, 2.45) is 17.8 Å². The third kappa shape index (κ3) is 7.33. The van der Waals surface area contributed by atoms with Gasteiger partial charge in [0.15, 0.2) is 0 Å². The molecule has 0 aliphatic carbocycles. The number of hydrogen-bond donors (Lipinski definition) is 1. The molecule has 7 heteroatoms. The lowest BCUT2D eigenvalue weighted by atomic mass is 9.84. The van der Waals surface area contributed by atoms with Crippen molar-refractivity contribution < 1.29 is 14.3 Å². The predicted octanol–water partition coefficient (Wildman–Crippen LogP) is 4.58. The maximum absolute atomic E-state index is 13.1. The van der Waals surface area contributed by atoms with Crippen molar-refractivity contribution in [2.75, 3.05) is 27.2 Å². The van der Waals surface area contributed by atoms with E-state index in [1.54, 1.807) is 7.11 Å². The zero-order chi connectivity index (χ0) is 25.5. The molecule has 7 nitrogen and oxygen atoms in total. The fraction of sp³-hybridized carbons (Fsp3) is 0.607. The minimum absolute atomic E-state index is 0.0108. The van der Waals surface area contributed by atoms with E-state index in [0.717, 1.165) is 42.7 Å². The first kappa shape index (κ1) is 26.8. The van der Waals surface area contributed by atoms with Gasteiger partial charge in [-0.2, -0.15) is 5.10 Å². The lowest BCUT2D eigenvalue weighted by Gasteiger charge is -2.40. The minimum Gasteiger partial charge on any atom is -0.497 e. The van der Waals surface area contributed by atoms with Crippen molar-refractivity contribution in [2.45, 2.75) is 65.8 Å². The zero-order valence-electron chi connectivity index (χ0n) is 22.2. The third-order valence-corrected chi connectivity index (χ3v) is 6.90. The lowest BCUT2D eigenvalue weighted by Crippen LogP contribution is -2.48. The van der Waals surface area contributed by atoms with Gasteiger partial charge >= 0.3 is 0 Å². The Labute approximate surface area is 210 Å². The molecule has 0 spiro atoms. The second-order valence-electron chi connectivity index (χ2n) is 10.7. The number of methoxy groups -OCH3 is 1. The van der Waals surface area contributed by atoms with E-state index >= 15 is 0 Å². The Morgan fingerprint density at radius 1 is 1.11 bits per heavy atom. The van der Waals surface area contributed by atoms with Gasteiger partial charge in [0.1, 0.15) is 11.4 Å². The number of carbonyl (C=O) groups excluding carboxylic acids is 2. The highest BCUT2D eigenvalue weighted by Gasteiger charge is 2.33. The second kappa shape index (κ2) is 12.2. The highest BCUT2D eigenvalue weighted by atomic mass is 16.5. The molecule has 1 aliphatic rings. The average molecular weight is 483 g/mol. The van der Waals surface area contributed by atoms with E-state index in [0.29, 0.717) is 43.0 Å². The highest BCUT2D eigenvalue weighted by Crippen LogP contribution is 2.29. The number of carbonyl (C=O) groups is 2. The molecule has 0 bridgehead atoms. The summed E-state index contributed by atoms with van der Waals surface area (Å²) in [7, 11) is 3.61. The summed E-state index contributed by atoms with van der Waals surface area (Å²) in [5.74, 6) is 2.14. The Morgan fingerprint density at radius 3 is 2.46 bits per heavy atom. The smallest absolute Gasteiger partial charge is 0.274 e. The normalized spacial score (nSPS) is 15.5. The Kier molecular flexibility index (Phi) is 9.35. The number of nitrogens with one attached hydrogen (secondary N) is 1. The maximum Gasteiger partial charge on any atom is 0.274 e. The van der Waals surface area contributed by atoms with Crippen molar-refractivity contribution >= 4 is 11.8 Å². The zero-order valence-corrected chi connectivity index (χ0v) is 22.2. The molecule has 2 amide bonds. The van der Waals surface area contributed by atoms with Crippen molar-refractivity contribution in [3.05, 3.63) is 47.3 Å². The summed E-state index contributed by atoms with van der Waals surface area (Å²) in [5.41, 5.74) is 2.66. The summed E-state index contributed by atoms with van der Waals surface area (Å²) in [6, 6.07) is 10.1. The number of piperidine rings is 1. The Balaban J connectivity index is 1.70. The van der Waals surface area contributed by atoms with E-state index in [-0.39, 0.29) is 17.9 Å². The first-order chi connectivity index (χ1) is 16.7. The van der Waals surface area contributed by atoms with Crippen LogP contribution in [0.25, 0.3) is 0 Å². The number of aromatic nitrogens is 2. The summed E-state index contributed by atoms with van der Waals surface area (Å²) in [5, 5.41) is 7.28. The molecule has 1 aromatic carbocycles. The largest absolute Gasteiger partial charge is 0.497 e. The summed E-state index contributed by atoms with van der Waals surface area (Å²) < 4.78 is 5.41. The van der Waals surface area contributed by atoms with Gasteiger partial charge in [0.05, 0.1) is 7.11 Å². The van der Waals surface area contributed by atoms with Crippen LogP contribution in [0.1, 0.15) is 68.7 Å². The molecule has 1 aliphatic heterocycles. The van der Waals surface area contributed by atoms with E-state index in [9.17, 15) is 9.59 Å². The van der Waals surface area contributed by atoms with Gasteiger partial charge in [-0.25, -0.2) is 0 Å². The molecular formula is C28H42N4O3. The number of aromatic amines is 1. The number of hydrogen-bond acceptors (Lipinski definition) is 4. The number of ether oxygens (including phenoxy) is 1. The molecule has 1 atom stereocenters. The first-order valence-electron chi connectivity index (χ1n) is 12.9. The number of likely N-dealkylation sites (tertiary alicyclic amines) is 1. The third-order valence-electron chi connectivity index (χ3n) is 6.90. The number of H-pyrrole nitrogens is 1. The van der Waals surface area contributed by atoms with Crippen LogP contribution in [0.5, 0.6) is 5.75 Å². The van der Waals surface area contributed by atoms with Gasteiger partial charge < -0.3 is 14.5 Å². The van der Waals surface area contributed by atoms with Crippen molar-refractivity contribution in [3.8, 4) is 5.75 Å². The van der Waals surface area contributed by atoms with E-state index in [2.05, 4.69) is 50.0 Å². The number of likely N-dealkylation sites (N-methyl/N-ethyl adjacent to an activating group) is 1. The molecule has 0 saturated carbocycles. The number of amides is 2. The van der Waals surface area contributed by atoms with Gasteiger partial charge in [0.25, 0.3) is 5.91 Å². The summed E-state index contributed by atoms with van der Waals surface area (Å²) >= 11 is 0. The number of benzene rings is 1. The number of rotatable bonds is 10. The highest BCUT2D eigenvalue weighted by molar-refractivity contribution is 5.92. The van der Waals surface area contributed by atoms with Crippen LogP contribution in [-0.4, -0.2) is 65.1 Å². The van der Waals surface area contributed by atoms with Gasteiger partial charge in [-0.3, -0.25) is 14.7 Å². The molecule has 3 rings (SSSR count). The molecule has 35 heavy (non-hydrogen) atoms. The van der Waals surface area contributed by atoms with Gasteiger partial charge in [0.2, 0.25) is 5.91 Å². The average Bonchev–Trinajstić information content (AvgIpc) is 3.29. The molecular weight excluding hydrogens is 440 g/mol.